The number of nitrogen functional groups attached to an aromatic ring is 1. The molecule has 0 aliphatic rings. The molecule has 6 nitrogen and oxygen atoms in total. The van der Waals surface area contributed by atoms with Crippen molar-refractivity contribution >= 4 is 23.2 Å². The van der Waals surface area contributed by atoms with Gasteiger partial charge in [-0.1, -0.05) is 41.9 Å². The zero-order chi connectivity index (χ0) is 14.5. The average Bonchev–Trinajstić information content (AvgIpc) is 2.47. The van der Waals surface area contributed by atoms with Gasteiger partial charge in [0, 0.05) is 6.54 Å². The largest absolute Gasteiger partial charge is 0.392 e. The molecule has 0 aliphatic heterocycles. The number of hydrogen-bond donors (Lipinski definition) is 2. The van der Waals surface area contributed by atoms with Crippen molar-refractivity contribution in [2.45, 2.75) is 13.1 Å². The Morgan fingerprint density at radius 1 is 1.35 bits per heavy atom. The minimum absolute atomic E-state index is 0.0593. The third-order valence-electron chi connectivity index (χ3n) is 2.67. The molecule has 0 fully saturated rings. The van der Waals surface area contributed by atoms with Crippen molar-refractivity contribution in [1.82, 2.24) is 14.9 Å². The SMILES string of the molecule is Nc1c(Cl)ncn(CC(=O)NCc2ccccc2)c1=O. The van der Waals surface area contributed by atoms with Crippen LogP contribution in [-0.2, 0) is 17.9 Å². The number of halogens is 1. The molecule has 0 spiro atoms. The van der Waals surface area contributed by atoms with E-state index >= 15 is 0 Å². The van der Waals surface area contributed by atoms with Crippen molar-refractivity contribution < 1.29 is 4.79 Å². The molecule has 0 radical (unpaired) electrons. The second kappa shape index (κ2) is 6.21. The molecule has 0 saturated carbocycles. The molecule has 3 N–H and O–H groups in total. The first kappa shape index (κ1) is 14.1. The molecule has 1 amide bonds. The minimum Gasteiger partial charge on any atom is -0.392 e. The summed E-state index contributed by atoms with van der Waals surface area (Å²) >= 11 is 5.61. The van der Waals surface area contributed by atoms with E-state index in [9.17, 15) is 9.59 Å². The summed E-state index contributed by atoms with van der Waals surface area (Å²) < 4.78 is 1.11. The lowest BCUT2D eigenvalue weighted by atomic mass is 10.2. The number of hydrogen-bond acceptors (Lipinski definition) is 4. The van der Waals surface area contributed by atoms with E-state index in [0.717, 1.165) is 10.1 Å². The van der Waals surface area contributed by atoms with Gasteiger partial charge in [0.25, 0.3) is 5.56 Å². The van der Waals surface area contributed by atoms with Gasteiger partial charge in [-0.05, 0) is 5.56 Å². The molecule has 0 atom stereocenters. The lowest BCUT2D eigenvalue weighted by molar-refractivity contribution is -0.121. The summed E-state index contributed by atoms with van der Waals surface area (Å²) in [5.74, 6) is -0.306. The lowest BCUT2D eigenvalue weighted by Gasteiger charge is -2.08. The van der Waals surface area contributed by atoms with E-state index in [2.05, 4.69) is 10.3 Å². The molecule has 104 valence electrons. The molecular weight excluding hydrogens is 280 g/mol. The second-order valence-electron chi connectivity index (χ2n) is 4.14. The predicted octanol–water partition coefficient (Wildman–Crippen LogP) is 0.795. The molecule has 0 unspecified atom stereocenters. The number of carbonyl (C=O) groups excluding carboxylic acids is 1. The quantitative estimate of drug-likeness (QED) is 0.816. The molecule has 0 bridgehead atoms. The minimum atomic E-state index is -0.528. The number of amides is 1. The molecular formula is C13H13ClN4O2. The van der Waals surface area contributed by atoms with Crippen LogP contribution in [0.15, 0.2) is 41.5 Å². The number of nitrogens with zero attached hydrogens (tertiary/aromatic N) is 2. The Morgan fingerprint density at radius 2 is 2.05 bits per heavy atom. The number of nitrogens with two attached hydrogens (primary N) is 1. The van der Waals surface area contributed by atoms with Crippen LogP contribution < -0.4 is 16.6 Å². The Labute approximate surface area is 120 Å². The Kier molecular flexibility index (Phi) is 4.37. The molecule has 1 aromatic carbocycles. The van der Waals surface area contributed by atoms with Gasteiger partial charge in [-0.3, -0.25) is 14.2 Å². The topological polar surface area (TPSA) is 90.0 Å². The number of nitrogens with one attached hydrogen (secondary N) is 1. The third kappa shape index (κ3) is 3.36. The van der Waals surface area contributed by atoms with E-state index in [1.165, 1.54) is 6.33 Å². The van der Waals surface area contributed by atoms with Crippen LogP contribution in [0, 0.1) is 0 Å². The number of anilines is 1. The van der Waals surface area contributed by atoms with Gasteiger partial charge >= 0.3 is 0 Å². The van der Waals surface area contributed by atoms with Crippen LogP contribution in [-0.4, -0.2) is 15.5 Å². The van der Waals surface area contributed by atoms with Crippen LogP contribution in [0.1, 0.15) is 5.56 Å². The fourth-order valence-electron chi connectivity index (χ4n) is 1.61. The molecule has 1 heterocycles. The molecule has 2 rings (SSSR count). The van der Waals surface area contributed by atoms with E-state index in [-0.39, 0.29) is 23.3 Å². The number of aromatic nitrogens is 2. The van der Waals surface area contributed by atoms with Gasteiger partial charge in [-0.15, -0.1) is 0 Å². The molecule has 2 aromatic rings. The van der Waals surface area contributed by atoms with Crippen molar-refractivity contribution in [3.8, 4) is 0 Å². The average molecular weight is 293 g/mol. The van der Waals surface area contributed by atoms with Crippen molar-refractivity contribution in [2.24, 2.45) is 0 Å². The van der Waals surface area contributed by atoms with Gasteiger partial charge < -0.3 is 11.1 Å². The maximum absolute atomic E-state index is 11.8. The van der Waals surface area contributed by atoms with Gasteiger partial charge in [0.15, 0.2) is 5.15 Å². The van der Waals surface area contributed by atoms with Crippen molar-refractivity contribution in [1.29, 1.82) is 0 Å². The first-order valence-corrected chi connectivity index (χ1v) is 6.27. The van der Waals surface area contributed by atoms with Gasteiger partial charge in [-0.2, -0.15) is 0 Å². The predicted molar refractivity (Wildman–Crippen MR) is 76.2 cm³/mol. The maximum Gasteiger partial charge on any atom is 0.278 e. The normalized spacial score (nSPS) is 10.2. The Morgan fingerprint density at radius 3 is 2.75 bits per heavy atom. The summed E-state index contributed by atoms with van der Waals surface area (Å²) in [7, 11) is 0. The number of carbonyl (C=O) groups is 1. The highest BCUT2D eigenvalue weighted by Crippen LogP contribution is 2.07. The van der Waals surface area contributed by atoms with E-state index in [1.807, 2.05) is 30.3 Å². The second-order valence-corrected chi connectivity index (χ2v) is 4.50. The Bertz CT molecular complexity index is 670. The van der Waals surface area contributed by atoms with E-state index in [0.29, 0.717) is 6.54 Å². The van der Waals surface area contributed by atoms with Crippen LogP contribution >= 0.6 is 11.6 Å². The molecule has 20 heavy (non-hydrogen) atoms. The van der Waals surface area contributed by atoms with Crippen molar-refractivity contribution in [2.75, 3.05) is 5.73 Å². The molecule has 0 saturated heterocycles. The first-order chi connectivity index (χ1) is 9.58. The summed E-state index contributed by atoms with van der Waals surface area (Å²) in [5.41, 5.74) is 5.75. The summed E-state index contributed by atoms with van der Waals surface area (Å²) in [6, 6.07) is 9.46. The van der Waals surface area contributed by atoms with Crippen molar-refractivity contribution in [3.63, 3.8) is 0 Å². The fourth-order valence-corrected chi connectivity index (χ4v) is 1.73. The van der Waals surface area contributed by atoms with Crippen LogP contribution in [0.5, 0.6) is 0 Å². The zero-order valence-corrected chi connectivity index (χ0v) is 11.3. The summed E-state index contributed by atoms with van der Waals surface area (Å²) in [4.78, 5) is 27.2. The third-order valence-corrected chi connectivity index (χ3v) is 2.97. The standard InChI is InChI=1S/C13H13ClN4O2/c14-12-11(15)13(20)18(8-17-12)7-10(19)16-6-9-4-2-1-3-5-9/h1-5,8H,6-7,15H2,(H,16,19). The van der Waals surface area contributed by atoms with Crippen molar-refractivity contribution in [3.05, 3.63) is 57.7 Å². The number of benzene rings is 1. The molecule has 0 aliphatic carbocycles. The summed E-state index contributed by atoms with van der Waals surface area (Å²) in [6.07, 6.45) is 1.20. The molecule has 7 heteroatoms. The Hall–Kier alpha value is -2.34. The highest BCUT2D eigenvalue weighted by Gasteiger charge is 2.09. The summed E-state index contributed by atoms with van der Waals surface area (Å²) in [6.45, 7) is 0.241. The lowest BCUT2D eigenvalue weighted by Crippen LogP contribution is -2.33. The van der Waals surface area contributed by atoms with Gasteiger partial charge in [0.05, 0.1) is 6.33 Å². The Balaban J connectivity index is 1.99. The van der Waals surface area contributed by atoms with Gasteiger partial charge in [0.1, 0.15) is 12.2 Å². The highest BCUT2D eigenvalue weighted by atomic mass is 35.5. The maximum atomic E-state index is 11.8. The van der Waals surface area contributed by atoms with E-state index in [1.54, 1.807) is 0 Å². The zero-order valence-electron chi connectivity index (χ0n) is 10.5. The van der Waals surface area contributed by atoms with E-state index in [4.69, 9.17) is 17.3 Å². The first-order valence-electron chi connectivity index (χ1n) is 5.89. The van der Waals surface area contributed by atoms with Crippen LogP contribution in [0.2, 0.25) is 5.15 Å². The van der Waals surface area contributed by atoms with Crippen LogP contribution in [0.4, 0.5) is 5.69 Å². The molecule has 1 aromatic heterocycles. The summed E-state index contributed by atoms with van der Waals surface area (Å²) in [5, 5.41) is 2.65. The highest BCUT2D eigenvalue weighted by molar-refractivity contribution is 6.31. The monoisotopic (exact) mass is 292 g/mol. The van der Waals surface area contributed by atoms with E-state index < -0.39 is 5.56 Å². The smallest absolute Gasteiger partial charge is 0.278 e. The number of rotatable bonds is 4. The van der Waals surface area contributed by atoms with Gasteiger partial charge in [-0.25, -0.2) is 4.98 Å². The van der Waals surface area contributed by atoms with Crippen LogP contribution in [0.3, 0.4) is 0 Å². The van der Waals surface area contributed by atoms with Gasteiger partial charge in [0.2, 0.25) is 5.91 Å². The fraction of sp³-hybridized carbons (Fsp3) is 0.154. The van der Waals surface area contributed by atoms with Crippen LogP contribution in [0.25, 0.3) is 0 Å².